The number of hydrogen-bond donors (Lipinski definition) is 0. The molecular weight excluding hydrogens is 408 g/mol. The molecule has 0 bridgehead atoms. The van der Waals surface area contributed by atoms with Crippen LogP contribution in [0.1, 0.15) is 43.7 Å². The molecule has 2 unspecified atom stereocenters. The van der Waals surface area contributed by atoms with Crippen LogP contribution in [0, 0.1) is 10.1 Å². The monoisotopic (exact) mass is 436 g/mol. The Morgan fingerprint density at radius 1 is 1.12 bits per heavy atom. The van der Waals surface area contributed by atoms with E-state index in [1.807, 2.05) is 25.2 Å². The summed E-state index contributed by atoms with van der Waals surface area (Å²) in [5.74, 6) is -1.12. The number of non-ortho nitro benzene ring substituents is 1. The van der Waals surface area contributed by atoms with E-state index in [1.165, 1.54) is 36.8 Å². The van der Waals surface area contributed by atoms with Crippen LogP contribution in [-0.4, -0.2) is 40.8 Å². The van der Waals surface area contributed by atoms with Crippen LogP contribution in [0.3, 0.4) is 0 Å². The van der Waals surface area contributed by atoms with Crippen molar-refractivity contribution in [2.24, 2.45) is 0 Å². The Balaban J connectivity index is 1.76. The molecule has 0 N–H and O–H groups in total. The number of ketones is 1. The largest absolute Gasteiger partial charge is 0.457 e. The average molecular weight is 437 g/mol. The molecule has 32 heavy (non-hydrogen) atoms. The predicted molar refractivity (Wildman–Crippen MR) is 122 cm³/mol. The van der Waals surface area contributed by atoms with E-state index in [1.54, 1.807) is 6.07 Å². The first-order valence-corrected chi connectivity index (χ1v) is 10.8. The highest BCUT2D eigenvalue weighted by molar-refractivity contribution is 6.19. The molecule has 0 saturated heterocycles. The van der Waals surface area contributed by atoms with E-state index < -0.39 is 16.7 Å². The van der Waals surface area contributed by atoms with Crippen molar-refractivity contribution in [3.63, 3.8) is 0 Å². The number of carbonyl (C=O) groups excluding carboxylic acids is 2. The molecule has 2 aromatic carbocycles. The van der Waals surface area contributed by atoms with Crippen LogP contribution >= 0.6 is 0 Å². The van der Waals surface area contributed by atoms with Gasteiger partial charge in [0.15, 0.2) is 5.78 Å². The van der Waals surface area contributed by atoms with Gasteiger partial charge in [0, 0.05) is 24.7 Å². The van der Waals surface area contributed by atoms with Crippen LogP contribution < -0.4 is 0 Å². The van der Waals surface area contributed by atoms with Crippen LogP contribution in [0.15, 0.2) is 60.2 Å². The van der Waals surface area contributed by atoms with E-state index in [0.29, 0.717) is 5.56 Å². The zero-order valence-corrected chi connectivity index (χ0v) is 18.4. The summed E-state index contributed by atoms with van der Waals surface area (Å²) in [6.07, 6.45) is 4.70. The summed E-state index contributed by atoms with van der Waals surface area (Å²) >= 11 is 0. The van der Waals surface area contributed by atoms with Gasteiger partial charge in [-0.25, -0.2) is 4.79 Å². The molecule has 2 aromatic rings. The Morgan fingerprint density at radius 2 is 1.84 bits per heavy atom. The fourth-order valence-electron chi connectivity index (χ4n) is 4.11. The quantitative estimate of drug-likeness (QED) is 0.151. The number of Topliss-reactive ketones (excluding diaryl/α,β-unsaturated/α-hetero) is 1. The number of rotatable bonds is 8. The van der Waals surface area contributed by atoms with Crippen molar-refractivity contribution in [2.45, 2.75) is 51.3 Å². The average Bonchev–Trinajstić information content (AvgIpc) is 2.78. The smallest absolute Gasteiger partial charge is 0.342 e. The highest BCUT2D eigenvalue weighted by Gasteiger charge is 2.32. The summed E-state index contributed by atoms with van der Waals surface area (Å²) in [5, 5.41) is 11.0. The molecule has 168 valence electrons. The Bertz CT molecular complexity index is 1000. The Kier molecular flexibility index (Phi) is 7.89. The molecule has 1 fully saturated rings. The van der Waals surface area contributed by atoms with Gasteiger partial charge in [0.25, 0.3) is 5.69 Å². The van der Waals surface area contributed by atoms with E-state index >= 15 is 0 Å². The molecule has 0 amide bonds. The predicted octanol–water partition coefficient (Wildman–Crippen LogP) is 4.55. The first-order chi connectivity index (χ1) is 15.3. The number of nitro benzene ring substituents is 1. The van der Waals surface area contributed by atoms with Gasteiger partial charge in [-0.3, -0.25) is 19.8 Å². The fourth-order valence-corrected chi connectivity index (χ4v) is 4.11. The van der Waals surface area contributed by atoms with Gasteiger partial charge >= 0.3 is 5.97 Å². The second kappa shape index (κ2) is 10.8. The van der Waals surface area contributed by atoms with Crippen LogP contribution in [0.5, 0.6) is 0 Å². The maximum atomic E-state index is 12.9. The van der Waals surface area contributed by atoms with Gasteiger partial charge < -0.3 is 4.74 Å². The molecule has 7 heteroatoms. The number of nitrogens with zero attached hydrogens (tertiary/aromatic N) is 2. The summed E-state index contributed by atoms with van der Waals surface area (Å²) in [6.45, 7) is 2.03. The molecular formula is C25H28N2O5. The third-order valence-electron chi connectivity index (χ3n) is 5.76. The minimum Gasteiger partial charge on any atom is -0.457 e. The highest BCUT2D eigenvalue weighted by Crippen LogP contribution is 2.27. The number of nitro groups is 1. The van der Waals surface area contributed by atoms with Gasteiger partial charge in [0.05, 0.1) is 4.92 Å². The standard InChI is InChI=1S/C25H28N2O5/c1-18(28)22(16-20-11-8-12-21(15-20)27(30)31)25(29)32-24-14-7-6-13-23(24)26(2)17-19-9-4-3-5-10-19/h3-5,8-12,15-16,23-24H,6-7,13-14,17H2,1-2H3/b22-16+. The maximum absolute atomic E-state index is 12.9. The molecule has 0 aliphatic heterocycles. The van der Waals surface area contributed by atoms with Crippen molar-refractivity contribution in [2.75, 3.05) is 7.05 Å². The third kappa shape index (κ3) is 6.11. The van der Waals surface area contributed by atoms with Gasteiger partial charge in [-0.2, -0.15) is 0 Å². The molecule has 0 spiro atoms. The summed E-state index contributed by atoms with van der Waals surface area (Å²) in [7, 11) is 2.02. The number of hydrogen-bond acceptors (Lipinski definition) is 6. The summed E-state index contributed by atoms with van der Waals surface area (Å²) in [6, 6.07) is 16.0. The van der Waals surface area contributed by atoms with E-state index in [4.69, 9.17) is 4.74 Å². The van der Waals surface area contributed by atoms with Crippen molar-refractivity contribution in [3.05, 3.63) is 81.4 Å². The van der Waals surface area contributed by atoms with E-state index in [2.05, 4.69) is 17.0 Å². The number of likely N-dealkylation sites (N-methyl/N-ethyl adjacent to an activating group) is 1. The molecule has 0 radical (unpaired) electrons. The minimum absolute atomic E-state index is 0.0546. The summed E-state index contributed by atoms with van der Waals surface area (Å²) in [5.41, 5.74) is 1.37. The fraction of sp³-hybridized carbons (Fsp3) is 0.360. The molecule has 3 rings (SSSR count). The molecule has 1 aliphatic carbocycles. The van der Waals surface area contributed by atoms with Gasteiger partial charge in [-0.1, -0.05) is 48.9 Å². The normalized spacial score (nSPS) is 18.9. The molecule has 2 atom stereocenters. The molecule has 7 nitrogen and oxygen atoms in total. The highest BCUT2D eigenvalue weighted by atomic mass is 16.6. The molecule has 0 heterocycles. The molecule has 0 aromatic heterocycles. The lowest BCUT2D eigenvalue weighted by Gasteiger charge is -2.37. The van der Waals surface area contributed by atoms with E-state index in [9.17, 15) is 19.7 Å². The van der Waals surface area contributed by atoms with Crippen LogP contribution in [0.2, 0.25) is 0 Å². The van der Waals surface area contributed by atoms with Gasteiger partial charge in [0.1, 0.15) is 11.7 Å². The van der Waals surface area contributed by atoms with Crippen LogP contribution in [0.4, 0.5) is 5.69 Å². The Morgan fingerprint density at radius 3 is 2.53 bits per heavy atom. The van der Waals surface area contributed by atoms with E-state index in [0.717, 1.165) is 32.2 Å². The van der Waals surface area contributed by atoms with Crippen molar-refractivity contribution >= 4 is 23.5 Å². The second-order valence-corrected chi connectivity index (χ2v) is 8.16. The topological polar surface area (TPSA) is 89.8 Å². The van der Waals surface area contributed by atoms with Gasteiger partial charge in [-0.05, 0) is 50.4 Å². The minimum atomic E-state index is -0.686. The van der Waals surface area contributed by atoms with Crippen molar-refractivity contribution in [3.8, 4) is 0 Å². The number of esters is 1. The first-order valence-electron chi connectivity index (χ1n) is 10.8. The lowest BCUT2D eigenvalue weighted by molar-refractivity contribution is -0.384. The summed E-state index contributed by atoms with van der Waals surface area (Å²) in [4.78, 5) is 37.8. The van der Waals surface area contributed by atoms with Gasteiger partial charge in [0.2, 0.25) is 0 Å². The van der Waals surface area contributed by atoms with Crippen molar-refractivity contribution < 1.29 is 19.2 Å². The SMILES string of the molecule is CC(=O)/C(=C\c1cccc([N+](=O)[O-])c1)C(=O)OC1CCCCC1N(C)Cc1ccccc1. The van der Waals surface area contributed by atoms with Crippen LogP contribution in [0.25, 0.3) is 6.08 Å². The molecule has 1 saturated carbocycles. The van der Waals surface area contributed by atoms with Gasteiger partial charge in [-0.15, -0.1) is 0 Å². The lowest BCUT2D eigenvalue weighted by atomic mass is 9.91. The maximum Gasteiger partial charge on any atom is 0.342 e. The third-order valence-corrected chi connectivity index (χ3v) is 5.76. The number of benzene rings is 2. The zero-order valence-electron chi connectivity index (χ0n) is 18.4. The molecule has 1 aliphatic rings. The second-order valence-electron chi connectivity index (χ2n) is 8.16. The van der Waals surface area contributed by atoms with Crippen LogP contribution in [-0.2, 0) is 20.9 Å². The summed E-state index contributed by atoms with van der Waals surface area (Å²) < 4.78 is 5.83. The number of ether oxygens (including phenoxy) is 1. The zero-order chi connectivity index (χ0) is 23.1. The lowest BCUT2D eigenvalue weighted by Crippen LogP contribution is -2.45. The van der Waals surface area contributed by atoms with Crippen molar-refractivity contribution in [1.29, 1.82) is 0 Å². The first kappa shape index (κ1) is 23.3. The van der Waals surface area contributed by atoms with Crippen molar-refractivity contribution in [1.82, 2.24) is 4.90 Å². The Labute approximate surface area is 187 Å². The number of carbonyl (C=O) groups is 2. The van der Waals surface area contributed by atoms with E-state index in [-0.39, 0.29) is 23.4 Å². The Hall–Kier alpha value is -3.32.